The van der Waals surface area contributed by atoms with Crippen LogP contribution < -0.4 is 0 Å². The van der Waals surface area contributed by atoms with Crippen molar-refractivity contribution in [1.29, 1.82) is 0 Å². The quantitative estimate of drug-likeness (QED) is 0.845. The van der Waals surface area contributed by atoms with E-state index in [2.05, 4.69) is 9.80 Å². The third-order valence-electron chi connectivity index (χ3n) is 4.33. The summed E-state index contributed by atoms with van der Waals surface area (Å²) in [6, 6.07) is 2.47. The number of alkyl halides is 3. The number of benzene rings is 1. The van der Waals surface area contributed by atoms with E-state index in [1.54, 1.807) is 0 Å². The first kappa shape index (κ1) is 14.7. The Morgan fingerprint density at radius 3 is 2.29 bits per heavy atom. The molecule has 1 N–H and O–H groups in total. The fraction of sp³-hybridized carbons (Fsp3) is 0.571. The van der Waals surface area contributed by atoms with Gasteiger partial charge < -0.3 is 5.11 Å². The number of piperazine rings is 3. The molecule has 0 aliphatic carbocycles. The molecular weight excluding hydrogens is 288 g/mol. The van der Waals surface area contributed by atoms with Crippen LogP contribution in [-0.4, -0.2) is 53.7 Å². The minimum Gasteiger partial charge on any atom is -0.387 e. The predicted octanol–water partition coefficient (Wildman–Crippen LogP) is 1.88. The summed E-state index contributed by atoms with van der Waals surface area (Å²) >= 11 is 0. The van der Waals surface area contributed by atoms with Gasteiger partial charge in [0.15, 0.2) is 0 Å². The maximum atomic E-state index is 13.6. The third kappa shape index (κ3) is 2.77. The number of nitrogens with zero attached hydrogens (tertiary/aromatic N) is 2. The van der Waals surface area contributed by atoms with Gasteiger partial charge in [-0.05, 0) is 17.7 Å². The lowest BCUT2D eigenvalue weighted by Crippen LogP contribution is -2.62. The smallest absolute Gasteiger partial charge is 0.387 e. The van der Waals surface area contributed by atoms with E-state index >= 15 is 0 Å². The number of hydrogen-bond donors (Lipinski definition) is 1. The second kappa shape index (κ2) is 5.23. The van der Waals surface area contributed by atoms with E-state index in [0.29, 0.717) is 12.6 Å². The molecule has 4 rings (SSSR count). The first-order chi connectivity index (χ1) is 9.86. The lowest BCUT2D eigenvalue weighted by molar-refractivity contribution is -0.140. The summed E-state index contributed by atoms with van der Waals surface area (Å²) in [4.78, 5) is 4.31. The fourth-order valence-corrected chi connectivity index (χ4v) is 3.12. The zero-order valence-electron chi connectivity index (χ0n) is 11.3. The van der Waals surface area contributed by atoms with E-state index in [9.17, 15) is 22.7 Å². The maximum Gasteiger partial charge on any atom is 0.419 e. The molecule has 1 aromatic carbocycles. The largest absolute Gasteiger partial charge is 0.419 e. The monoisotopic (exact) mass is 304 g/mol. The summed E-state index contributed by atoms with van der Waals surface area (Å²) in [5.74, 6) is -1.34. The summed E-state index contributed by atoms with van der Waals surface area (Å²) in [7, 11) is 0. The maximum absolute atomic E-state index is 13.6. The molecule has 2 atom stereocenters. The highest BCUT2D eigenvalue weighted by Gasteiger charge is 2.38. The number of rotatable bonds is 2. The van der Waals surface area contributed by atoms with Crippen LogP contribution in [0, 0.1) is 5.82 Å². The second-order valence-corrected chi connectivity index (χ2v) is 5.59. The molecule has 0 aromatic heterocycles. The van der Waals surface area contributed by atoms with Crippen molar-refractivity contribution in [2.24, 2.45) is 0 Å². The molecule has 3 saturated heterocycles. The predicted molar refractivity (Wildman–Crippen MR) is 68.2 cm³/mol. The van der Waals surface area contributed by atoms with E-state index < -0.39 is 23.7 Å². The van der Waals surface area contributed by atoms with Crippen molar-refractivity contribution in [2.75, 3.05) is 32.7 Å². The normalized spacial score (nSPS) is 30.4. The highest BCUT2D eigenvalue weighted by molar-refractivity contribution is 5.29. The van der Waals surface area contributed by atoms with Gasteiger partial charge in [-0.2, -0.15) is 13.2 Å². The zero-order valence-corrected chi connectivity index (χ0v) is 11.3. The summed E-state index contributed by atoms with van der Waals surface area (Å²) in [5, 5.41) is 10.4. The summed E-state index contributed by atoms with van der Waals surface area (Å²) in [6.07, 6.45) is -5.70. The van der Waals surface area contributed by atoms with Crippen molar-refractivity contribution in [3.8, 4) is 0 Å². The first-order valence-corrected chi connectivity index (χ1v) is 6.87. The molecule has 1 aromatic rings. The van der Waals surface area contributed by atoms with Crippen LogP contribution in [0.15, 0.2) is 18.2 Å². The van der Waals surface area contributed by atoms with E-state index in [1.807, 2.05) is 0 Å². The van der Waals surface area contributed by atoms with Crippen molar-refractivity contribution >= 4 is 0 Å². The molecule has 3 heterocycles. The van der Waals surface area contributed by atoms with Crippen molar-refractivity contribution in [3.63, 3.8) is 0 Å². The minimum absolute atomic E-state index is 0.191. The highest BCUT2D eigenvalue weighted by atomic mass is 19.4. The van der Waals surface area contributed by atoms with Gasteiger partial charge in [-0.3, -0.25) is 9.80 Å². The van der Waals surface area contributed by atoms with Gasteiger partial charge in [0.05, 0.1) is 17.7 Å². The molecule has 0 saturated carbocycles. The lowest BCUT2D eigenvalue weighted by Gasteiger charge is -2.49. The van der Waals surface area contributed by atoms with Gasteiger partial charge in [-0.15, -0.1) is 0 Å². The zero-order chi connectivity index (χ0) is 15.2. The standard InChI is InChI=1S/C14H16F4N2O/c15-11-7-9(1-2-10(11)14(16,17)18)13(21)12-8-19-3-5-20(12)6-4-19/h1-2,7,12-13,21H,3-6,8H2. The topological polar surface area (TPSA) is 26.7 Å². The number of hydrogen-bond acceptors (Lipinski definition) is 3. The summed E-state index contributed by atoms with van der Waals surface area (Å²) < 4.78 is 51.2. The molecule has 3 fully saturated rings. The Labute approximate surface area is 119 Å². The Balaban J connectivity index is 1.82. The van der Waals surface area contributed by atoms with Crippen molar-refractivity contribution in [1.82, 2.24) is 9.80 Å². The molecule has 0 radical (unpaired) electrons. The van der Waals surface area contributed by atoms with E-state index in [1.165, 1.54) is 0 Å². The molecule has 0 spiro atoms. The van der Waals surface area contributed by atoms with Crippen LogP contribution in [-0.2, 0) is 6.18 Å². The van der Waals surface area contributed by atoms with E-state index in [0.717, 1.165) is 38.3 Å². The van der Waals surface area contributed by atoms with Crippen molar-refractivity contribution in [3.05, 3.63) is 35.1 Å². The van der Waals surface area contributed by atoms with Gasteiger partial charge in [0.2, 0.25) is 0 Å². The Kier molecular flexibility index (Phi) is 3.67. The fourth-order valence-electron chi connectivity index (χ4n) is 3.12. The molecule has 3 nitrogen and oxygen atoms in total. The minimum atomic E-state index is -4.72. The summed E-state index contributed by atoms with van der Waals surface area (Å²) in [6.45, 7) is 4.18. The number of halogens is 4. The Morgan fingerprint density at radius 1 is 1.14 bits per heavy atom. The summed E-state index contributed by atoms with van der Waals surface area (Å²) in [5.41, 5.74) is -1.10. The van der Waals surface area contributed by atoms with Crippen LogP contribution in [0.5, 0.6) is 0 Å². The van der Waals surface area contributed by atoms with E-state index in [4.69, 9.17) is 0 Å². The van der Waals surface area contributed by atoms with Gasteiger partial charge in [0, 0.05) is 32.7 Å². The first-order valence-electron chi connectivity index (χ1n) is 6.87. The average molecular weight is 304 g/mol. The SMILES string of the molecule is OC(c1ccc(C(F)(F)F)c(F)c1)C1CN2CCN1CC2. The van der Waals surface area contributed by atoms with Gasteiger partial charge >= 0.3 is 6.18 Å². The van der Waals surface area contributed by atoms with Crippen molar-refractivity contribution < 1.29 is 22.7 Å². The number of aliphatic hydroxyl groups excluding tert-OH is 1. The molecular formula is C14H16F4N2O. The molecule has 3 aliphatic heterocycles. The Bertz CT molecular complexity index is 526. The number of fused-ring (bicyclic) bond motifs is 3. The van der Waals surface area contributed by atoms with Gasteiger partial charge in [-0.25, -0.2) is 4.39 Å². The van der Waals surface area contributed by atoms with Gasteiger partial charge in [0.1, 0.15) is 5.82 Å². The molecule has 2 bridgehead atoms. The van der Waals surface area contributed by atoms with Crippen LogP contribution in [0.3, 0.4) is 0 Å². The second-order valence-electron chi connectivity index (χ2n) is 5.59. The van der Waals surface area contributed by atoms with E-state index in [-0.39, 0.29) is 11.6 Å². The highest BCUT2D eigenvalue weighted by Crippen LogP contribution is 2.34. The molecule has 21 heavy (non-hydrogen) atoms. The molecule has 0 amide bonds. The number of aliphatic hydroxyl groups is 1. The lowest BCUT2D eigenvalue weighted by atomic mass is 9.95. The van der Waals surface area contributed by atoms with Crippen LogP contribution in [0.25, 0.3) is 0 Å². The molecule has 3 aliphatic rings. The van der Waals surface area contributed by atoms with Crippen LogP contribution in [0.1, 0.15) is 17.2 Å². The Morgan fingerprint density at radius 2 is 1.81 bits per heavy atom. The average Bonchev–Trinajstić information content (AvgIpc) is 2.46. The molecule has 7 heteroatoms. The Hall–Kier alpha value is -1.18. The van der Waals surface area contributed by atoms with Crippen LogP contribution in [0.2, 0.25) is 0 Å². The van der Waals surface area contributed by atoms with Gasteiger partial charge in [0.25, 0.3) is 0 Å². The molecule has 116 valence electrons. The van der Waals surface area contributed by atoms with Crippen LogP contribution >= 0.6 is 0 Å². The molecule has 2 unspecified atom stereocenters. The van der Waals surface area contributed by atoms with Gasteiger partial charge in [-0.1, -0.05) is 6.07 Å². The van der Waals surface area contributed by atoms with Crippen molar-refractivity contribution in [2.45, 2.75) is 18.3 Å². The van der Waals surface area contributed by atoms with Crippen LogP contribution in [0.4, 0.5) is 17.6 Å². The third-order valence-corrected chi connectivity index (χ3v) is 4.33.